The molecule has 0 spiro atoms. The Morgan fingerprint density at radius 3 is 2.45 bits per heavy atom. The third-order valence-electron chi connectivity index (χ3n) is 5.06. The van der Waals surface area contributed by atoms with Crippen molar-refractivity contribution < 1.29 is 4.79 Å². The first-order valence-electron chi connectivity index (χ1n) is 8.55. The first-order valence-corrected chi connectivity index (χ1v) is 8.92. The van der Waals surface area contributed by atoms with Crippen LogP contribution in [0, 0.1) is 5.92 Å². The van der Waals surface area contributed by atoms with Gasteiger partial charge in [0, 0.05) is 11.1 Å². The molecular formula is C18H25ClN2O. The number of carbonyl (C=O) groups is 1. The van der Waals surface area contributed by atoms with E-state index in [0.29, 0.717) is 12.0 Å². The Labute approximate surface area is 137 Å². The van der Waals surface area contributed by atoms with E-state index in [-0.39, 0.29) is 12.1 Å². The predicted molar refractivity (Wildman–Crippen MR) is 90.1 cm³/mol. The van der Waals surface area contributed by atoms with Crippen LogP contribution in [0.15, 0.2) is 24.3 Å². The largest absolute Gasteiger partial charge is 0.335 e. The molecule has 1 unspecified atom stereocenters. The Morgan fingerprint density at radius 2 is 1.77 bits per heavy atom. The number of benzene rings is 1. The quantitative estimate of drug-likeness (QED) is 0.821. The standard InChI is InChI=1S/C18H25ClN2O/c19-15-9-5-8-14(12-15)17(13-6-1-2-7-13)21-18(22)20-16-10-3-4-11-16/h5,8-9,12-13,16-17H,1-4,6-7,10-11H2,(H2,20,21,22). The first kappa shape index (κ1) is 15.7. The fourth-order valence-corrected chi connectivity index (χ4v) is 4.10. The molecule has 0 aliphatic heterocycles. The fourth-order valence-electron chi connectivity index (χ4n) is 3.90. The number of amides is 2. The van der Waals surface area contributed by atoms with E-state index in [1.54, 1.807) is 0 Å². The second-order valence-electron chi connectivity index (χ2n) is 6.68. The Bertz CT molecular complexity index is 508. The predicted octanol–water partition coefficient (Wildman–Crippen LogP) is 4.81. The van der Waals surface area contributed by atoms with E-state index in [0.717, 1.165) is 23.4 Å². The maximum absolute atomic E-state index is 12.4. The smallest absolute Gasteiger partial charge is 0.315 e. The van der Waals surface area contributed by atoms with Gasteiger partial charge in [0.25, 0.3) is 0 Å². The van der Waals surface area contributed by atoms with Gasteiger partial charge in [0.2, 0.25) is 0 Å². The molecule has 2 N–H and O–H groups in total. The lowest BCUT2D eigenvalue weighted by Gasteiger charge is -2.26. The molecule has 2 fully saturated rings. The van der Waals surface area contributed by atoms with E-state index in [1.807, 2.05) is 18.2 Å². The Hall–Kier alpha value is -1.22. The molecule has 0 saturated heterocycles. The van der Waals surface area contributed by atoms with Gasteiger partial charge in [0.15, 0.2) is 0 Å². The highest BCUT2D eigenvalue weighted by molar-refractivity contribution is 6.30. The van der Waals surface area contributed by atoms with Crippen LogP contribution in [0.3, 0.4) is 0 Å². The number of hydrogen-bond donors (Lipinski definition) is 2. The molecule has 3 rings (SSSR count). The van der Waals surface area contributed by atoms with Crippen LogP contribution < -0.4 is 10.6 Å². The summed E-state index contributed by atoms with van der Waals surface area (Å²) in [6.45, 7) is 0. The zero-order chi connectivity index (χ0) is 15.4. The number of hydrogen-bond acceptors (Lipinski definition) is 1. The van der Waals surface area contributed by atoms with Crippen LogP contribution in [0.1, 0.15) is 63.0 Å². The highest BCUT2D eigenvalue weighted by Gasteiger charge is 2.28. The Balaban J connectivity index is 1.69. The molecule has 2 aliphatic rings. The van der Waals surface area contributed by atoms with Crippen LogP contribution in [-0.2, 0) is 0 Å². The molecule has 2 aliphatic carbocycles. The van der Waals surface area contributed by atoms with Crippen molar-refractivity contribution in [2.75, 3.05) is 0 Å². The molecule has 1 aromatic rings. The first-order chi connectivity index (χ1) is 10.7. The highest BCUT2D eigenvalue weighted by atomic mass is 35.5. The van der Waals surface area contributed by atoms with Gasteiger partial charge in [-0.15, -0.1) is 0 Å². The molecule has 3 nitrogen and oxygen atoms in total. The van der Waals surface area contributed by atoms with Crippen molar-refractivity contribution in [3.63, 3.8) is 0 Å². The zero-order valence-electron chi connectivity index (χ0n) is 13.0. The molecule has 0 radical (unpaired) electrons. The Kier molecular flexibility index (Phi) is 5.24. The maximum atomic E-state index is 12.4. The minimum Gasteiger partial charge on any atom is -0.335 e. The second-order valence-corrected chi connectivity index (χ2v) is 7.11. The number of rotatable bonds is 4. The van der Waals surface area contributed by atoms with Crippen LogP contribution >= 0.6 is 11.6 Å². The molecule has 22 heavy (non-hydrogen) atoms. The topological polar surface area (TPSA) is 41.1 Å². The third-order valence-corrected chi connectivity index (χ3v) is 5.29. The number of carbonyl (C=O) groups excluding carboxylic acids is 1. The third kappa shape index (κ3) is 3.95. The number of nitrogens with one attached hydrogen (secondary N) is 2. The van der Waals surface area contributed by atoms with Gasteiger partial charge < -0.3 is 10.6 Å². The van der Waals surface area contributed by atoms with Crippen molar-refractivity contribution in [3.8, 4) is 0 Å². The summed E-state index contributed by atoms with van der Waals surface area (Å²) in [6.07, 6.45) is 9.55. The van der Waals surface area contributed by atoms with Crippen molar-refractivity contribution in [2.24, 2.45) is 5.92 Å². The summed E-state index contributed by atoms with van der Waals surface area (Å²) in [7, 11) is 0. The van der Waals surface area contributed by atoms with E-state index < -0.39 is 0 Å². The van der Waals surface area contributed by atoms with Gasteiger partial charge in [-0.05, 0) is 49.3 Å². The summed E-state index contributed by atoms with van der Waals surface area (Å²) in [5.74, 6) is 0.521. The lowest BCUT2D eigenvalue weighted by Crippen LogP contribution is -2.44. The van der Waals surface area contributed by atoms with E-state index >= 15 is 0 Å². The van der Waals surface area contributed by atoms with E-state index in [4.69, 9.17) is 11.6 Å². The van der Waals surface area contributed by atoms with Gasteiger partial charge in [-0.3, -0.25) is 0 Å². The minimum absolute atomic E-state index is 0.0243. The van der Waals surface area contributed by atoms with Crippen molar-refractivity contribution >= 4 is 17.6 Å². The maximum Gasteiger partial charge on any atom is 0.315 e. The van der Waals surface area contributed by atoms with Crippen LogP contribution in [0.2, 0.25) is 5.02 Å². The summed E-state index contributed by atoms with van der Waals surface area (Å²) in [4.78, 5) is 12.4. The number of halogens is 1. The van der Waals surface area contributed by atoms with Gasteiger partial charge in [0.05, 0.1) is 6.04 Å². The molecule has 120 valence electrons. The zero-order valence-corrected chi connectivity index (χ0v) is 13.7. The molecule has 0 heterocycles. The average Bonchev–Trinajstić information content (AvgIpc) is 3.18. The van der Waals surface area contributed by atoms with E-state index in [9.17, 15) is 4.79 Å². The van der Waals surface area contributed by atoms with Gasteiger partial charge in [-0.2, -0.15) is 0 Å². The fraction of sp³-hybridized carbons (Fsp3) is 0.611. The molecule has 1 atom stereocenters. The molecule has 0 bridgehead atoms. The van der Waals surface area contributed by atoms with Gasteiger partial charge in [-0.1, -0.05) is 49.4 Å². The summed E-state index contributed by atoms with van der Waals surface area (Å²) in [5, 5.41) is 7.09. The molecule has 2 amide bonds. The minimum atomic E-state index is -0.0243. The number of urea groups is 1. The van der Waals surface area contributed by atoms with Crippen molar-refractivity contribution in [3.05, 3.63) is 34.9 Å². The second kappa shape index (κ2) is 7.36. The van der Waals surface area contributed by atoms with Crippen LogP contribution in [0.5, 0.6) is 0 Å². The normalized spacial score (nSPS) is 21.0. The summed E-state index contributed by atoms with van der Waals surface area (Å²) < 4.78 is 0. The highest BCUT2D eigenvalue weighted by Crippen LogP contribution is 2.36. The summed E-state index contributed by atoms with van der Waals surface area (Å²) in [6, 6.07) is 8.31. The van der Waals surface area contributed by atoms with Gasteiger partial charge >= 0.3 is 6.03 Å². The van der Waals surface area contributed by atoms with E-state index in [2.05, 4.69) is 16.7 Å². The average molecular weight is 321 g/mol. The van der Waals surface area contributed by atoms with Crippen LogP contribution in [0.4, 0.5) is 4.79 Å². The monoisotopic (exact) mass is 320 g/mol. The van der Waals surface area contributed by atoms with Crippen molar-refractivity contribution in [1.82, 2.24) is 10.6 Å². The summed E-state index contributed by atoms with van der Waals surface area (Å²) >= 11 is 6.14. The van der Waals surface area contributed by atoms with Crippen LogP contribution in [-0.4, -0.2) is 12.1 Å². The molecule has 4 heteroatoms. The van der Waals surface area contributed by atoms with Crippen LogP contribution in [0.25, 0.3) is 0 Å². The van der Waals surface area contributed by atoms with Gasteiger partial charge in [0.1, 0.15) is 0 Å². The molecule has 1 aromatic carbocycles. The molecule has 2 saturated carbocycles. The Morgan fingerprint density at radius 1 is 1.09 bits per heavy atom. The lowest BCUT2D eigenvalue weighted by atomic mass is 9.92. The van der Waals surface area contributed by atoms with E-state index in [1.165, 1.54) is 38.5 Å². The van der Waals surface area contributed by atoms with Gasteiger partial charge in [-0.25, -0.2) is 4.79 Å². The SMILES string of the molecule is O=C(NC1CCCC1)NC(c1cccc(Cl)c1)C1CCCC1. The summed E-state index contributed by atoms with van der Waals surface area (Å²) in [5.41, 5.74) is 1.13. The van der Waals surface area contributed by atoms with Crippen molar-refractivity contribution in [1.29, 1.82) is 0 Å². The molecule has 0 aromatic heterocycles. The molecular weight excluding hydrogens is 296 g/mol. The van der Waals surface area contributed by atoms with Crippen molar-refractivity contribution in [2.45, 2.75) is 63.5 Å². The lowest BCUT2D eigenvalue weighted by molar-refractivity contribution is 0.227.